The van der Waals surface area contributed by atoms with E-state index in [9.17, 15) is 4.79 Å². The first-order valence-corrected chi connectivity index (χ1v) is 7.32. The van der Waals surface area contributed by atoms with Crippen LogP contribution in [0.5, 0.6) is 0 Å². The molecule has 5 nitrogen and oxygen atoms in total. The molecular weight excluding hydrogens is 278 g/mol. The van der Waals surface area contributed by atoms with Crippen LogP contribution < -0.4 is 5.73 Å². The third-order valence-electron chi connectivity index (χ3n) is 3.37. The minimum Gasteiger partial charge on any atom is -0.378 e. The first kappa shape index (κ1) is 15.2. The molecule has 0 aliphatic carbocycles. The summed E-state index contributed by atoms with van der Waals surface area (Å²) in [5.41, 5.74) is 5.83. The number of ether oxygens (including phenoxy) is 1. The zero-order valence-corrected chi connectivity index (χ0v) is 12.2. The molecule has 2 heterocycles. The standard InChI is InChI=1S/C14H20ClN3O2/c15-13-4-1-3-12(17-13)14(19)18-8-5-11(6-9-18)20-10-2-7-16/h1,3-4,11H,2,5-10,16H2. The van der Waals surface area contributed by atoms with E-state index < -0.39 is 0 Å². The van der Waals surface area contributed by atoms with Gasteiger partial charge in [-0.25, -0.2) is 4.98 Å². The van der Waals surface area contributed by atoms with Gasteiger partial charge in [-0.15, -0.1) is 0 Å². The maximum atomic E-state index is 12.3. The summed E-state index contributed by atoms with van der Waals surface area (Å²) < 4.78 is 5.72. The number of aromatic nitrogens is 1. The molecule has 0 aromatic carbocycles. The second-order valence-electron chi connectivity index (χ2n) is 4.85. The fourth-order valence-corrected chi connectivity index (χ4v) is 2.41. The van der Waals surface area contributed by atoms with Crippen molar-refractivity contribution >= 4 is 17.5 Å². The topological polar surface area (TPSA) is 68.5 Å². The molecule has 110 valence electrons. The summed E-state index contributed by atoms with van der Waals surface area (Å²) >= 11 is 5.81. The van der Waals surface area contributed by atoms with Gasteiger partial charge in [0.05, 0.1) is 6.10 Å². The molecule has 1 saturated heterocycles. The number of carbonyl (C=O) groups excluding carboxylic acids is 1. The Labute approximate surface area is 124 Å². The maximum Gasteiger partial charge on any atom is 0.272 e. The van der Waals surface area contributed by atoms with Crippen LogP contribution >= 0.6 is 11.6 Å². The summed E-state index contributed by atoms with van der Waals surface area (Å²) in [4.78, 5) is 18.1. The lowest BCUT2D eigenvalue weighted by atomic mass is 10.1. The number of carbonyl (C=O) groups is 1. The summed E-state index contributed by atoms with van der Waals surface area (Å²) in [6.45, 7) is 2.74. The first-order chi connectivity index (χ1) is 9.70. The molecule has 0 unspecified atom stereocenters. The zero-order chi connectivity index (χ0) is 14.4. The Morgan fingerprint density at radius 1 is 1.45 bits per heavy atom. The Morgan fingerprint density at radius 3 is 2.85 bits per heavy atom. The molecule has 0 atom stereocenters. The van der Waals surface area contributed by atoms with Crippen molar-refractivity contribution in [3.8, 4) is 0 Å². The van der Waals surface area contributed by atoms with Crippen molar-refractivity contribution in [2.75, 3.05) is 26.2 Å². The van der Waals surface area contributed by atoms with E-state index in [4.69, 9.17) is 22.1 Å². The number of hydrogen-bond acceptors (Lipinski definition) is 4. The minimum absolute atomic E-state index is 0.0621. The van der Waals surface area contributed by atoms with Crippen molar-refractivity contribution in [3.05, 3.63) is 29.0 Å². The van der Waals surface area contributed by atoms with Crippen LogP contribution in [0.1, 0.15) is 29.8 Å². The molecule has 1 aromatic heterocycles. The molecule has 1 amide bonds. The van der Waals surface area contributed by atoms with Gasteiger partial charge in [0.1, 0.15) is 10.8 Å². The molecule has 0 radical (unpaired) electrons. The molecule has 0 bridgehead atoms. The average molecular weight is 298 g/mol. The average Bonchev–Trinajstić information content (AvgIpc) is 2.47. The predicted molar refractivity (Wildman–Crippen MR) is 77.8 cm³/mol. The van der Waals surface area contributed by atoms with Gasteiger partial charge in [-0.1, -0.05) is 17.7 Å². The highest BCUT2D eigenvalue weighted by Gasteiger charge is 2.24. The molecule has 1 fully saturated rings. The normalized spacial score (nSPS) is 16.4. The van der Waals surface area contributed by atoms with Gasteiger partial charge < -0.3 is 15.4 Å². The Hall–Kier alpha value is -1.17. The number of pyridine rings is 1. The largest absolute Gasteiger partial charge is 0.378 e. The highest BCUT2D eigenvalue weighted by atomic mass is 35.5. The summed E-state index contributed by atoms with van der Waals surface area (Å²) in [6, 6.07) is 5.10. The van der Waals surface area contributed by atoms with Gasteiger partial charge in [-0.2, -0.15) is 0 Å². The molecular formula is C14H20ClN3O2. The third kappa shape index (κ3) is 4.16. The number of likely N-dealkylation sites (tertiary alicyclic amines) is 1. The number of amides is 1. The molecule has 6 heteroatoms. The van der Waals surface area contributed by atoms with Crippen molar-refractivity contribution in [1.29, 1.82) is 0 Å². The molecule has 0 spiro atoms. The van der Waals surface area contributed by atoms with Crippen LogP contribution in [-0.2, 0) is 4.74 Å². The van der Waals surface area contributed by atoms with Gasteiger partial charge in [0.2, 0.25) is 0 Å². The van der Waals surface area contributed by atoms with Gasteiger partial charge in [0.25, 0.3) is 5.91 Å². The smallest absolute Gasteiger partial charge is 0.272 e. The van der Waals surface area contributed by atoms with E-state index in [1.54, 1.807) is 23.1 Å². The lowest BCUT2D eigenvalue weighted by Crippen LogP contribution is -2.41. The highest BCUT2D eigenvalue weighted by Crippen LogP contribution is 2.16. The van der Waals surface area contributed by atoms with Crippen LogP contribution in [0.3, 0.4) is 0 Å². The summed E-state index contributed by atoms with van der Waals surface area (Å²) in [6.07, 6.45) is 2.83. The molecule has 0 saturated carbocycles. The van der Waals surface area contributed by atoms with Crippen LogP contribution in [0, 0.1) is 0 Å². The van der Waals surface area contributed by atoms with E-state index in [0.717, 1.165) is 19.3 Å². The number of nitrogens with two attached hydrogens (primary N) is 1. The van der Waals surface area contributed by atoms with Crippen molar-refractivity contribution < 1.29 is 9.53 Å². The Bertz CT molecular complexity index is 448. The van der Waals surface area contributed by atoms with E-state index in [2.05, 4.69) is 4.98 Å². The van der Waals surface area contributed by atoms with Gasteiger partial charge in [-0.3, -0.25) is 4.79 Å². The van der Waals surface area contributed by atoms with E-state index in [0.29, 0.717) is 37.1 Å². The van der Waals surface area contributed by atoms with Crippen LogP contribution in [-0.4, -0.2) is 48.1 Å². The maximum absolute atomic E-state index is 12.3. The van der Waals surface area contributed by atoms with Gasteiger partial charge in [0.15, 0.2) is 0 Å². The van der Waals surface area contributed by atoms with Crippen LogP contribution in [0.15, 0.2) is 18.2 Å². The second-order valence-corrected chi connectivity index (χ2v) is 5.24. The van der Waals surface area contributed by atoms with Crippen LogP contribution in [0.4, 0.5) is 0 Å². The monoisotopic (exact) mass is 297 g/mol. The quantitative estimate of drug-likeness (QED) is 0.663. The van der Waals surface area contributed by atoms with Crippen molar-refractivity contribution in [2.45, 2.75) is 25.4 Å². The lowest BCUT2D eigenvalue weighted by molar-refractivity contribution is 0.00829. The van der Waals surface area contributed by atoms with Crippen LogP contribution in [0.2, 0.25) is 5.15 Å². The number of rotatable bonds is 5. The lowest BCUT2D eigenvalue weighted by Gasteiger charge is -2.31. The number of hydrogen-bond donors (Lipinski definition) is 1. The third-order valence-corrected chi connectivity index (χ3v) is 3.58. The van der Waals surface area contributed by atoms with Crippen molar-refractivity contribution in [3.63, 3.8) is 0 Å². The number of nitrogens with zero attached hydrogens (tertiary/aromatic N) is 2. The molecule has 2 rings (SSSR count). The fourth-order valence-electron chi connectivity index (χ4n) is 2.25. The van der Waals surface area contributed by atoms with Crippen LogP contribution in [0.25, 0.3) is 0 Å². The van der Waals surface area contributed by atoms with Gasteiger partial charge in [-0.05, 0) is 37.9 Å². The van der Waals surface area contributed by atoms with Crippen molar-refractivity contribution in [1.82, 2.24) is 9.88 Å². The number of piperidine rings is 1. The Balaban J connectivity index is 1.83. The minimum atomic E-state index is -0.0621. The first-order valence-electron chi connectivity index (χ1n) is 6.94. The number of halogens is 1. The Kier molecular flexibility index (Phi) is 5.76. The van der Waals surface area contributed by atoms with E-state index in [-0.39, 0.29) is 12.0 Å². The molecule has 1 aliphatic rings. The summed E-state index contributed by atoms with van der Waals surface area (Å²) in [7, 11) is 0. The predicted octanol–water partition coefficient (Wildman–Crippen LogP) is 1.71. The highest BCUT2D eigenvalue weighted by molar-refractivity contribution is 6.29. The SMILES string of the molecule is NCCCOC1CCN(C(=O)c2cccc(Cl)n2)CC1. The van der Waals surface area contributed by atoms with E-state index >= 15 is 0 Å². The van der Waals surface area contributed by atoms with Gasteiger partial charge in [0, 0.05) is 19.7 Å². The molecule has 20 heavy (non-hydrogen) atoms. The fraction of sp³-hybridized carbons (Fsp3) is 0.571. The summed E-state index contributed by atoms with van der Waals surface area (Å²) in [5, 5.41) is 0.343. The summed E-state index contributed by atoms with van der Waals surface area (Å²) in [5.74, 6) is -0.0621. The zero-order valence-electron chi connectivity index (χ0n) is 11.4. The molecule has 1 aliphatic heterocycles. The van der Waals surface area contributed by atoms with E-state index in [1.165, 1.54) is 0 Å². The molecule has 1 aromatic rings. The van der Waals surface area contributed by atoms with Gasteiger partial charge >= 0.3 is 0 Å². The van der Waals surface area contributed by atoms with E-state index in [1.807, 2.05) is 0 Å². The van der Waals surface area contributed by atoms with Crippen molar-refractivity contribution in [2.24, 2.45) is 5.73 Å². The Morgan fingerprint density at radius 2 is 2.20 bits per heavy atom. The second kappa shape index (κ2) is 7.57. The molecule has 2 N–H and O–H groups in total.